The van der Waals surface area contributed by atoms with Crippen molar-refractivity contribution in [1.82, 2.24) is 10.6 Å². The van der Waals surface area contributed by atoms with Crippen LogP contribution in [0.2, 0.25) is 0 Å². The van der Waals surface area contributed by atoms with Crippen LogP contribution in [-0.4, -0.2) is 24.4 Å². The van der Waals surface area contributed by atoms with Gasteiger partial charge in [-0.15, -0.1) is 0 Å². The lowest BCUT2D eigenvalue weighted by atomic mass is 10.2. The Labute approximate surface area is 94.2 Å². The second kappa shape index (κ2) is 5.95. The van der Waals surface area contributed by atoms with E-state index in [1.165, 1.54) is 0 Å². The highest BCUT2D eigenvalue weighted by Crippen LogP contribution is 2.03. The maximum absolute atomic E-state index is 11.3. The monoisotopic (exact) mass is 224 g/mol. The molecular formula is C11H16N2O3. The largest absolute Gasteiger partial charge is 0.469 e. The Morgan fingerprint density at radius 2 is 2.19 bits per heavy atom. The molecular weight excluding hydrogens is 208 g/mol. The Morgan fingerprint density at radius 1 is 1.44 bits per heavy atom. The number of hydrogen-bond acceptors (Lipinski definition) is 3. The molecule has 0 bridgehead atoms. The third kappa shape index (κ3) is 3.76. The Morgan fingerprint density at radius 3 is 2.75 bits per heavy atom. The van der Waals surface area contributed by atoms with E-state index in [0.717, 1.165) is 5.76 Å². The van der Waals surface area contributed by atoms with Crippen molar-refractivity contribution in [3.63, 3.8) is 0 Å². The van der Waals surface area contributed by atoms with Crippen molar-refractivity contribution in [2.24, 2.45) is 0 Å². The number of carbonyl (C=O) groups excluding carboxylic acids is 2. The number of amides is 2. The second-order valence-corrected chi connectivity index (χ2v) is 3.52. The molecule has 1 heterocycles. The average Bonchev–Trinajstić information content (AvgIpc) is 2.70. The zero-order valence-corrected chi connectivity index (χ0v) is 9.45. The zero-order valence-electron chi connectivity index (χ0n) is 9.45. The molecule has 88 valence electrons. The van der Waals surface area contributed by atoms with E-state index in [4.69, 9.17) is 4.42 Å². The first kappa shape index (κ1) is 12.3. The second-order valence-electron chi connectivity index (χ2n) is 3.52. The van der Waals surface area contributed by atoms with Crippen LogP contribution in [0.5, 0.6) is 0 Å². The molecule has 0 aliphatic rings. The molecule has 5 heteroatoms. The molecule has 16 heavy (non-hydrogen) atoms. The fourth-order valence-electron chi connectivity index (χ4n) is 1.31. The molecule has 2 N–H and O–H groups in total. The van der Waals surface area contributed by atoms with Crippen LogP contribution in [0, 0.1) is 0 Å². The number of rotatable bonds is 4. The van der Waals surface area contributed by atoms with E-state index in [-0.39, 0.29) is 6.04 Å². The van der Waals surface area contributed by atoms with Crippen molar-refractivity contribution in [2.75, 3.05) is 6.54 Å². The maximum atomic E-state index is 11.3. The Bertz CT molecular complexity index is 346. The van der Waals surface area contributed by atoms with Crippen LogP contribution >= 0.6 is 0 Å². The maximum Gasteiger partial charge on any atom is 0.309 e. The molecule has 2 amide bonds. The average molecular weight is 224 g/mol. The number of likely N-dealkylation sites (N-methyl/N-ethyl adjacent to an activating group) is 1. The molecule has 0 fully saturated rings. The van der Waals surface area contributed by atoms with Crippen LogP contribution in [0.1, 0.15) is 19.6 Å². The van der Waals surface area contributed by atoms with Gasteiger partial charge in [-0.1, -0.05) is 0 Å². The van der Waals surface area contributed by atoms with Gasteiger partial charge in [-0.3, -0.25) is 9.59 Å². The molecule has 1 atom stereocenters. The van der Waals surface area contributed by atoms with Gasteiger partial charge in [0.05, 0.1) is 6.26 Å². The molecule has 1 aromatic rings. The first-order valence-corrected chi connectivity index (χ1v) is 5.24. The minimum atomic E-state index is -0.610. The third-order valence-electron chi connectivity index (χ3n) is 2.01. The fourth-order valence-corrected chi connectivity index (χ4v) is 1.31. The molecule has 0 radical (unpaired) electrons. The molecule has 1 rings (SSSR count). The first-order chi connectivity index (χ1) is 7.63. The van der Waals surface area contributed by atoms with Crippen molar-refractivity contribution < 1.29 is 14.0 Å². The number of furan rings is 1. The van der Waals surface area contributed by atoms with Crippen molar-refractivity contribution in [3.05, 3.63) is 24.2 Å². The van der Waals surface area contributed by atoms with E-state index < -0.39 is 11.8 Å². The van der Waals surface area contributed by atoms with Gasteiger partial charge in [0.25, 0.3) is 0 Å². The van der Waals surface area contributed by atoms with E-state index in [0.29, 0.717) is 13.0 Å². The van der Waals surface area contributed by atoms with Crippen LogP contribution in [0.4, 0.5) is 0 Å². The standard InChI is InChI=1S/C11H16N2O3/c1-3-12-10(14)11(15)13-8(2)7-9-5-4-6-16-9/h4-6,8H,3,7H2,1-2H3,(H,12,14)(H,13,15). The van der Waals surface area contributed by atoms with Crippen LogP contribution in [0.25, 0.3) is 0 Å². The van der Waals surface area contributed by atoms with Crippen molar-refractivity contribution in [3.8, 4) is 0 Å². The lowest BCUT2D eigenvalue weighted by molar-refractivity contribution is -0.139. The van der Waals surface area contributed by atoms with E-state index in [9.17, 15) is 9.59 Å². The molecule has 0 aliphatic heterocycles. The van der Waals surface area contributed by atoms with Gasteiger partial charge in [0.15, 0.2) is 0 Å². The summed E-state index contributed by atoms with van der Waals surface area (Å²) in [6, 6.07) is 3.48. The van der Waals surface area contributed by atoms with Gasteiger partial charge >= 0.3 is 11.8 Å². The summed E-state index contributed by atoms with van der Waals surface area (Å²) in [5.41, 5.74) is 0. The van der Waals surface area contributed by atoms with E-state index in [1.54, 1.807) is 19.3 Å². The predicted octanol–water partition coefficient (Wildman–Crippen LogP) is 0.463. The molecule has 0 aromatic carbocycles. The summed E-state index contributed by atoms with van der Waals surface area (Å²) in [5.74, 6) is -0.432. The van der Waals surface area contributed by atoms with E-state index >= 15 is 0 Å². The molecule has 0 spiro atoms. The first-order valence-electron chi connectivity index (χ1n) is 5.24. The predicted molar refractivity (Wildman–Crippen MR) is 58.7 cm³/mol. The van der Waals surface area contributed by atoms with Crippen molar-refractivity contribution in [2.45, 2.75) is 26.3 Å². The van der Waals surface area contributed by atoms with Gasteiger partial charge in [-0.25, -0.2) is 0 Å². The van der Waals surface area contributed by atoms with Gasteiger partial charge in [-0.2, -0.15) is 0 Å². The summed E-state index contributed by atoms with van der Waals surface area (Å²) in [7, 11) is 0. The Hall–Kier alpha value is -1.78. The Kier molecular flexibility index (Phi) is 4.57. The normalized spacial score (nSPS) is 11.9. The lowest BCUT2D eigenvalue weighted by Gasteiger charge is -2.11. The molecule has 1 aromatic heterocycles. The summed E-state index contributed by atoms with van der Waals surface area (Å²) >= 11 is 0. The summed E-state index contributed by atoms with van der Waals surface area (Å²) in [6.45, 7) is 4.02. The SMILES string of the molecule is CCNC(=O)C(=O)NC(C)Cc1ccco1. The molecule has 0 aliphatic carbocycles. The summed E-state index contributed by atoms with van der Waals surface area (Å²) in [4.78, 5) is 22.5. The third-order valence-corrected chi connectivity index (χ3v) is 2.01. The summed E-state index contributed by atoms with van der Waals surface area (Å²) < 4.78 is 5.14. The van der Waals surface area contributed by atoms with Gasteiger partial charge in [0.1, 0.15) is 5.76 Å². The topological polar surface area (TPSA) is 71.3 Å². The lowest BCUT2D eigenvalue weighted by Crippen LogP contribution is -2.44. The van der Waals surface area contributed by atoms with Gasteiger partial charge in [-0.05, 0) is 26.0 Å². The minimum Gasteiger partial charge on any atom is -0.469 e. The van der Waals surface area contributed by atoms with Gasteiger partial charge < -0.3 is 15.1 Å². The summed E-state index contributed by atoms with van der Waals surface area (Å²) in [6.07, 6.45) is 2.14. The van der Waals surface area contributed by atoms with Gasteiger partial charge in [0, 0.05) is 19.0 Å². The van der Waals surface area contributed by atoms with E-state index in [1.807, 2.05) is 13.0 Å². The summed E-state index contributed by atoms with van der Waals surface area (Å²) in [5, 5.41) is 5.03. The van der Waals surface area contributed by atoms with Gasteiger partial charge in [0.2, 0.25) is 0 Å². The highest BCUT2D eigenvalue weighted by Gasteiger charge is 2.15. The molecule has 1 unspecified atom stereocenters. The Balaban J connectivity index is 2.36. The highest BCUT2D eigenvalue weighted by molar-refractivity contribution is 6.35. The molecule has 0 saturated heterocycles. The molecule has 5 nitrogen and oxygen atoms in total. The van der Waals surface area contributed by atoms with Crippen LogP contribution in [0.3, 0.4) is 0 Å². The highest BCUT2D eigenvalue weighted by atomic mass is 16.3. The molecule has 0 saturated carbocycles. The number of hydrogen-bond donors (Lipinski definition) is 2. The number of nitrogens with one attached hydrogen (secondary N) is 2. The number of carbonyl (C=O) groups is 2. The van der Waals surface area contributed by atoms with Crippen LogP contribution in [-0.2, 0) is 16.0 Å². The zero-order chi connectivity index (χ0) is 12.0. The van der Waals surface area contributed by atoms with E-state index in [2.05, 4.69) is 10.6 Å². The van der Waals surface area contributed by atoms with Crippen LogP contribution < -0.4 is 10.6 Å². The van der Waals surface area contributed by atoms with Crippen molar-refractivity contribution >= 4 is 11.8 Å². The quantitative estimate of drug-likeness (QED) is 0.730. The fraction of sp³-hybridized carbons (Fsp3) is 0.455. The smallest absolute Gasteiger partial charge is 0.309 e. The van der Waals surface area contributed by atoms with Crippen LogP contribution in [0.15, 0.2) is 22.8 Å². The van der Waals surface area contributed by atoms with Crippen molar-refractivity contribution in [1.29, 1.82) is 0 Å². The minimum absolute atomic E-state index is 0.138.